The summed E-state index contributed by atoms with van der Waals surface area (Å²) < 4.78 is 16.0. The maximum absolute atomic E-state index is 11.8. The van der Waals surface area contributed by atoms with Crippen LogP contribution in [0.25, 0.3) is 11.6 Å². The summed E-state index contributed by atoms with van der Waals surface area (Å²) in [6.07, 6.45) is 1.60. The minimum Gasteiger partial charge on any atom is -0.497 e. The second kappa shape index (κ2) is 8.24. The van der Waals surface area contributed by atoms with E-state index in [1.807, 2.05) is 19.9 Å². The van der Waals surface area contributed by atoms with Gasteiger partial charge in [-0.25, -0.2) is 4.79 Å². The summed E-state index contributed by atoms with van der Waals surface area (Å²) in [5, 5.41) is 9.68. The summed E-state index contributed by atoms with van der Waals surface area (Å²) in [6.45, 7) is 4.32. The van der Waals surface area contributed by atoms with Gasteiger partial charge in [-0.15, -0.1) is 0 Å². The molecular formula is C20H22O5. The van der Waals surface area contributed by atoms with Gasteiger partial charge in [0.05, 0.1) is 26.4 Å². The Morgan fingerprint density at radius 1 is 1.08 bits per heavy atom. The van der Waals surface area contributed by atoms with Gasteiger partial charge in [0.2, 0.25) is 0 Å². The van der Waals surface area contributed by atoms with Crippen molar-refractivity contribution in [1.82, 2.24) is 0 Å². The molecule has 0 aliphatic rings. The molecule has 0 fully saturated rings. The van der Waals surface area contributed by atoms with E-state index in [0.717, 1.165) is 11.3 Å². The van der Waals surface area contributed by atoms with Crippen molar-refractivity contribution in [1.29, 1.82) is 0 Å². The Labute approximate surface area is 147 Å². The van der Waals surface area contributed by atoms with Crippen molar-refractivity contribution in [2.45, 2.75) is 13.8 Å². The van der Waals surface area contributed by atoms with Gasteiger partial charge in [0.1, 0.15) is 17.2 Å². The summed E-state index contributed by atoms with van der Waals surface area (Å²) in [4.78, 5) is 11.8. The van der Waals surface area contributed by atoms with Crippen LogP contribution in [0.1, 0.15) is 23.6 Å². The number of carboxylic acid groups (broad SMARTS) is 1. The molecule has 1 N–H and O–H groups in total. The molecule has 0 saturated carbocycles. The second-order valence-corrected chi connectivity index (χ2v) is 5.38. The van der Waals surface area contributed by atoms with Gasteiger partial charge in [0.15, 0.2) is 0 Å². The van der Waals surface area contributed by atoms with E-state index >= 15 is 0 Å². The quantitative estimate of drug-likeness (QED) is 0.608. The number of carbonyl (C=O) groups is 1. The highest BCUT2D eigenvalue weighted by atomic mass is 16.5. The maximum Gasteiger partial charge on any atom is 0.336 e. The zero-order valence-corrected chi connectivity index (χ0v) is 14.8. The van der Waals surface area contributed by atoms with Gasteiger partial charge in [0, 0.05) is 11.6 Å². The van der Waals surface area contributed by atoms with Crippen molar-refractivity contribution in [3.05, 3.63) is 53.1 Å². The summed E-state index contributed by atoms with van der Waals surface area (Å²) in [7, 11) is 3.10. The summed E-state index contributed by atoms with van der Waals surface area (Å²) in [6, 6.07) is 10.6. The fourth-order valence-corrected chi connectivity index (χ4v) is 2.54. The van der Waals surface area contributed by atoms with Crippen LogP contribution in [0.15, 0.2) is 36.4 Å². The predicted octanol–water partition coefficient (Wildman–Crippen LogP) is 4.04. The van der Waals surface area contributed by atoms with Gasteiger partial charge in [-0.3, -0.25) is 0 Å². The highest BCUT2D eigenvalue weighted by Crippen LogP contribution is 2.30. The Morgan fingerprint density at radius 3 is 2.36 bits per heavy atom. The van der Waals surface area contributed by atoms with Gasteiger partial charge in [-0.05, 0) is 55.3 Å². The van der Waals surface area contributed by atoms with Gasteiger partial charge in [-0.2, -0.15) is 0 Å². The van der Waals surface area contributed by atoms with E-state index < -0.39 is 5.97 Å². The molecule has 0 spiro atoms. The Balaban J connectivity index is 2.52. The second-order valence-electron chi connectivity index (χ2n) is 5.38. The molecule has 0 amide bonds. The average Bonchev–Trinajstić information content (AvgIpc) is 2.60. The Morgan fingerprint density at radius 2 is 1.80 bits per heavy atom. The van der Waals surface area contributed by atoms with E-state index in [-0.39, 0.29) is 5.57 Å². The molecule has 0 heterocycles. The van der Waals surface area contributed by atoms with E-state index in [2.05, 4.69) is 0 Å². The predicted molar refractivity (Wildman–Crippen MR) is 97.4 cm³/mol. The monoisotopic (exact) mass is 342 g/mol. The molecule has 0 aliphatic carbocycles. The lowest BCUT2D eigenvalue weighted by Crippen LogP contribution is -2.03. The first-order valence-corrected chi connectivity index (χ1v) is 7.91. The number of ether oxygens (including phenoxy) is 3. The topological polar surface area (TPSA) is 65.0 Å². The molecule has 0 unspecified atom stereocenters. The highest BCUT2D eigenvalue weighted by Gasteiger charge is 2.15. The molecule has 0 aliphatic heterocycles. The van der Waals surface area contributed by atoms with Gasteiger partial charge >= 0.3 is 5.97 Å². The van der Waals surface area contributed by atoms with Crippen LogP contribution >= 0.6 is 0 Å². The number of hydrogen-bond donors (Lipinski definition) is 1. The number of rotatable bonds is 7. The third-order valence-electron chi connectivity index (χ3n) is 3.77. The molecule has 5 nitrogen and oxygen atoms in total. The molecule has 0 aromatic heterocycles. The molecule has 2 rings (SSSR count). The minimum atomic E-state index is -1.01. The largest absolute Gasteiger partial charge is 0.497 e. The van der Waals surface area contributed by atoms with Gasteiger partial charge in [-0.1, -0.05) is 6.07 Å². The molecule has 0 radical (unpaired) electrons. The first-order chi connectivity index (χ1) is 12.0. The van der Waals surface area contributed by atoms with Crippen LogP contribution < -0.4 is 14.2 Å². The van der Waals surface area contributed by atoms with E-state index in [1.165, 1.54) is 7.11 Å². The highest BCUT2D eigenvalue weighted by molar-refractivity contribution is 6.21. The van der Waals surface area contributed by atoms with Crippen molar-refractivity contribution in [3.63, 3.8) is 0 Å². The zero-order valence-electron chi connectivity index (χ0n) is 14.8. The lowest BCUT2D eigenvalue weighted by Gasteiger charge is -2.12. The fraction of sp³-hybridized carbons (Fsp3) is 0.250. The number of methoxy groups -OCH3 is 2. The van der Waals surface area contributed by atoms with Crippen molar-refractivity contribution in [2.24, 2.45) is 0 Å². The molecule has 0 atom stereocenters. The third kappa shape index (κ3) is 4.32. The summed E-state index contributed by atoms with van der Waals surface area (Å²) in [5.74, 6) is 0.894. The van der Waals surface area contributed by atoms with Crippen LogP contribution in [0.3, 0.4) is 0 Å². The number of carboxylic acids is 1. The van der Waals surface area contributed by atoms with Gasteiger partial charge in [0.25, 0.3) is 0 Å². The molecule has 5 heteroatoms. The van der Waals surface area contributed by atoms with Crippen LogP contribution in [0, 0.1) is 6.92 Å². The first kappa shape index (κ1) is 18.4. The molecule has 132 valence electrons. The standard InChI is InChI=1S/C20H22O5/c1-5-25-16-8-9-17(13(2)10-16)18(20(21)22)11-14-6-7-15(23-3)12-19(14)24-4/h6-12H,5H2,1-4H3,(H,21,22)/b18-11-. The average molecular weight is 342 g/mol. The smallest absolute Gasteiger partial charge is 0.336 e. The van der Waals surface area contributed by atoms with Crippen LogP contribution in [0.5, 0.6) is 17.2 Å². The third-order valence-corrected chi connectivity index (χ3v) is 3.77. The van der Waals surface area contributed by atoms with Crippen molar-refractivity contribution in [3.8, 4) is 17.2 Å². The lowest BCUT2D eigenvalue weighted by atomic mass is 9.98. The Hall–Kier alpha value is -2.95. The van der Waals surface area contributed by atoms with E-state index in [1.54, 1.807) is 43.5 Å². The van der Waals surface area contributed by atoms with Crippen molar-refractivity contribution in [2.75, 3.05) is 20.8 Å². The molecule has 2 aromatic rings. The fourth-order valence-electron chi connectivity index (χ4n) is 2.54. The van der Waals surface area contributed by atoms with Crippen LogP contribution in [-0.2, 0) is 4.79 Å². The molecule has 0 saturated heterocycles. The maximum atomic E-state index is 11.8. The Bertz CT molecular complexity index is 793. The van der Waals surface area contributed by atoms with E-state index in [4.69, 9.17) is 14.2 Å². The molecular weight excluding hydrogens is 320 g/mol. The summed E-state index contributed by atoms with van der Waals surface area (Å²) >= 11 is 0. The normalized spacial score (nSPS) is 11.1. The van der Waals surface area contributed by atoms with Crippen LogP contribution in [0.2, 0.25) is 0 Å². The summed E-state index contributed by atoms with van der Waals surface area (Å²) in [5.41, 5.74) is 2.30. The van der Waals surface area contributed by atoms with Crippen LogP contribution in [0.4, 0.5) is 0 Å². The van der Waals surface area contributed by atoms with E-state index in [0.29, 0.717) is 29.2 Å². The van der Waals surface area contributed by atoms with E-state index in [9.17, 15) is 9.90 Å². The molecule has 2 aromatic carbocycles. The zero-order chi connectivity index (χ0) is 18.4. The van der Waals surface area contributed by atoms with Crippen LogP contribution in [-0.4, -0.2) is 31.9 Å². The van der Waals surface area contributed by atoms with Crippen molar-refractivity contribution >= 4 is 17.6 Å². The SMILES string of the molecule is CCOc1ccc(/C(=C/c2ccc(OC)cc2OC)C(=O)O)c(C)c1. The van der Waals surface area contributed by atoms with Crippen molar-refractivity contribution < 1.29 is 24.1 Å². The number of hydrogen-bond acceptors (Lipinski definition) is 4. The number of aliphatic carboxylic acids is 1. The Kier molecular flexibility index (Phi) is 6.06. The first-order valence-electron chi connectivity index (χ1n) is 7.91. The van der Waals surface area contributed by atoms with Gasteiger partial charge < -0.3 is 19.3 Å². The number of benzene rings is 2. The number of aryl methyl sites for hydroxylation is 1. The lowest BCUT2D eigenvalue weighted by molar-refractivity contribution is -0.130. The molecule has 25 heavy (non-hydrogen) atoms. The molecule has 0 bridgehead atoms. The minimum absolute atomic E-state index is 0.184.